The molecular formula is C22H20ClN5O2S. The van der Waals surface area contributed by atoms with E-state index in [4.69, 9.17) is 16.3 Å². The highest BCUT2D eigenvalue weighted by Gasteiger charge is 2.22. The SMILES string of the molecule is COCCn1c(SC(C)/C(O)=C(\C#N)c2nc3ccccc3[nH]2)nc2cc(Cl)ccc21. The van der Waals surface area contributed by atoms with Gasteiger partial charge in [0.05, 0.1) is 33.9 Å². The van der Waals surface area contributed by atoms with Crippen molar-refractivity contribution in [2.24, 2.45) is 0 Å². The predicted octanol–water partition coefficient (Wildman–Crippen LogP) is 5.19. The minimum atomic E-state index is -0.434. The molecule has 0 radical (unpaired) electrons. The number of nitriles is 1. The summed E-state index contributed by atoms with van der Waals surface area (Å²) in [4.78, 5) is 12.2. The number of nitrogens with one attached hydrogen (secondary N) is 1. The minimum absolute atomic E-state index is 0.0602. The summed E-state index contributed by atoms with van der Waals surface area (Å²) in [6, 6.07) is 15.1. The molecule has 2 N–H and O–H groups in total. The zero-order valence-corrected chi connectivity index (χ0v) is 18.5. The highest BCUT2D eigenvalue weighted by molar-refractivity contribution is 8.00. The van der Waals surface area contributed by atoms with E-state index in [0.29, 0.717) is 29.2 Å². The lowest BCUT2D eigenvalue weighted by molar-refractivity contribution is 0.186. The number of ether oxygens (including phenoxy) is 1. The Hall–Kier alpha value is -2.99. The van der Waals surface area contributed by atoms with E-state index >= 15 is 0 Å². The number of benzene rings is 2. The maximum atomic E-state index is 10.9. The van der Waals surface area contributed by atoms with Gasteiger partial charge in [-0.15, -0.1) is 0 Å². The van der Waals surface area contributed by atoms with E-state index in [2.05, 4.69) is 21.0 Å². The fraction of sp³-hybridized carbons (Fsp3) is 0.227. The van der Waals surface area contributed by atoms with Crippen LogP contribution < -0.4 is 0 Å². The molecule has 0 aliphatic rings. The van der Waals surface area contributed by atoms with Crippen molar-refractivity contribution in [2.45, 2.75) is 23.9 Å². The van der Waals surface area contributed by atoms with Crippen molar-refractivity contribution in [3.8, 4) is 6.07 Å². The first-order chi connectivity index (χ1) is 15.0. The van der Waals surface area contributed by atoms with Crippen molar-refractivity contribution in [1.29, 1.82) is 5.26 Å². The molecule has 0 bridgehead atoms. The molecule has 158 valence electrons. The number of aliphatic hydroxyl groups is 1. The second kappa shape index (κ2) is 9.02. The molecule has 0 saturated heterocycles. The Balaban J connectivity index is 1.69. The monoisotopic (exact) mass is 453 g/mol. The number of allylic oxidation sites excluding steroid dienone is 1. The molecule has 9 heteroatoms. The van der Waals surface area contributed by atoms with Crippen molar-refractivity contribution in [2.75, 3.05) is 13.7 Å². The number of methoxy groups -OCH3 is 1. The summed E-state index contributed by atoms with van der Waals surface area (Å²) in [7, 11) is 1.65. The fourth-order valence-corrected chi connectivity index (χ4v) is 4.47. The van der Waals surface area contributed by atoms with Crippen molar-refractivity contribution >= 4 is 51.0 Å². The summed E-state index contributed by atoms with van der Waals surface area (Å²) in [6.45, 7) is 2.94. The molecule has 2 aromatic carbocycles. The van der Waals surface area contributed by atoms with Crippen molar-refractivity contribution in [3.63, 3.8) is 0 Å². The topological polar surface area (TPSA) is 99.7 Å². The number of hydrogen-bond acceptors (Lipinski definition) is 6. The Morgan fingerprint density at radius 3 is 2.84 bits per heavy atom. The Morgan fingerprint density at radius 1 is 1.29 bits per heavy atom. The summed E-state index contributed by atoms with van der Waals surface area (Å²) in [6.07, 6.45) is 0. The van der Waals surface area contributed by atoms with Crippen molar-refractivity contribution in [1.82, 2.24) is 19.5 Å². The van der Waals surface area contributed by atoms with E-state index in [1.54, 1.807) is 13.2 Å². The fourth-order valence-electron chi connectivity index (χ4n) is 3.29. The van der Waals surface area contributed by atoms with Crippen LogP contribution in [0.4, 0.5) is 0 Å². The van der Waals surface area contributed by atoms with Crippen molar-refractivity contribution < 1.29 is 9.84 Å². The van der Waals surface area contributed by atoms with E-state index in [0.717, 1.165) is 22.1 Å². The first kappa shape index (κ1) is 21.2. The lowest BCUT2D eigenvalue weighted by Gasteiger charge is -2.13. The third-order valence-electron chi connectivity index (χ3n) is 4.86. The van der Waals surface area contributed by atoms with Gasteiger partial charge in [0.1, 0.15) is 17.4 Å². The van der Waals surface area contributed by atoms with Gasteiger partial charge in [0, 0.05) is 18.7 Å². The second-order valence-corrected chi connectivity index (χ2v) is 8.65. The molecule has 31 heavy (non-hydrogen) atoms. The lowest BCUT2D eigenvalue weighted by atomic mass is 10.2. The van der Waals surface area contributed by atoms with Crippen LogP contribution in [0.15, 0.2) is 53.4 Å². The van der Waals surface area contributed by atoms with Gasteiger partial charge >= 0.3 is 0 Å². The zero-order valence-electron chi connectivity index (χ0n) is 17.0. The lowest BCUT2D eigenvalue weighted by Crippen LogP contribution is -2.09. The summed E-state index contributed by atoms with van der Waals surface area (Å²) in [5.74, 6) is 0.281. The van der Waals surface area contributed by atoms with E-state index < -0.39 is 5.25 Å². The van der Waals surface area contributed by atoms with Gasteiger partial charge in [-0.25, -0.2) is 9.97 Å². The molecule has 0 amide bonds. The maximum absolute atomic E-state index is 10.9. The molecule has 1 unspecified atom stereocenters. The first-order valence-corrected chi connectivity index (χ1v) is 10.9. The third kappa shape index (κ3) is 4.26. The smallest absolute Gasteiger partial charge is 0.169 e. The van der Waals surface area contributed by atoms with E-state index in [-0.39, 0.29) is 11.3 Å². The van der Waals surface area contributed by atoms with Crippen LogP contribution in [0.3, 0.4) is 0 Å². The molecule has 2 heterocycles. The Kier molecular flexibility index (Phi) is 6.18. The molecule has 1 atom stereocenters. The molecule has 4 rings (SSSR count). The number of aromatic amines is 1. The minimum Gasteiger partial charge on any atom is -0.510 e. The largest absolute Gasteiger partial charge is 0.510 e. The van der Waals surface area contributed by atoms with Crippen LogP contribution in [0.5, 0.6) is 0 Å². The number of halogens is 1. The number of imidazole rings is 2. The van der Waals surface area contributed by atoms with E-state index in [9.17, 15) is 10.4 Å². The van der Waals surface area contributed by atoms with Crippen LogP contribution in [-0.4, -0.2) is 43.6 Å². The zero-order chi connectivity index (χ0) is 22.0. The van der Waals surface area contributed by atoms with Crippen LogP contribution in [0.2, 0.25) is 5.02 Å². The molecule has 0 saturated carbocycles. The maximum Gasteiger partial charge on any atom is 0.169 e. The van der Waals surface area contributed by atoms with Gasteiger partial charge in [0.15, 0.2) is 11.0 Å². The van der Waals surface area contributed by atoms with Gasteiger partial charge in [-0.3, -0.25) is 0 Å². The standard InChI is InChI=1S/C22H20ClN5O2S/c1-13(20(29)15(12-24)21-25-16-5-3-4-6-17(16)26-21)31-22-27-18-11-14(23)7-8-19(18)28(22)9-10-30-2/h3-8,11,13,29H,9-10H2,1-2H3,(H,25,26)/b20-15-. The Morgan fingerprint density at radius 2 is 2.10 bits per heavy atom. The average molecular weight is 454 g/mol. The Labute approximate surface area is 188 Å². The normalized spacial score (nSPS) is 13.4. The number of hydrogen-bond donors (Lipinski definition) is 2. The van der Waals surface area contributed by atoms with E-state index in [1.165, 1.54) is 11.8 Å². The third-order valence-corrected chi connectivity index (χ3v) is 6.19. The summed E-state index contributed by atoms with van der Waals surface area (Å²) >= 11 is 7.49. The molecule has 0 aliphatic carbocycles. The van der Waals surface area contributed by atoms with Gasteiger partial charge < -0.3 is 19.4 Å². The number of aliphatic hydroxyl groups excluding tert-OH is 1. The van der Waals surface area contributed by atoms with Crippen LogP contribution in [-0.2, 0) is 11.3 Å². The number of fused-ring (bicyclic) bond motifs is 2. The number of aromatic nitrogens is 4. The van der Waals surface area contributed by atoms with Gasteiger partial charge in [0.25, 0.3) is 0 Å². The number of thioether (sulfide) groups is 1. The average Bonchev–Trinajstić information content (AvgIpc) is 3.33. The molecular weight excluding hydrogens is 434 g/mol. The molecule has 0 aliphatic heterocycles. The number of nitrogens with zero attached hydrogens (tertiary/aromatic N) is 4. The molecule has 2 aromatic heterocycles. The quantitative estimate of drug-likeness (QED) is 0.227. The highest BCUT2D eigenvalue weighted by Crippen LogP contribution is 2.33. The van der Waals surface area contributed by atoms with Crippen LogP contribution >= 0.6 is 23.4 Å². The van der Waals surface area contributed by atoms with Gasteiger partial charge in [-0.1, -0.05) is 35.5 Å². The summed E-state index contributed by atoms with van der Waals surface area (Å²) in [5.41, 5.74) is 3.34. The van der Waals surface area contributed by atoms with Crippen LogP contribution in [0.25, 0.3) is 27.6 Å². The predicted molar refractivity (Wildman–Crippen MR) is 123 cm³/mol. The van der Waals surface area contributed by atoms with Gasteiger partial charge in [-0.2, -0.15) is 5.26 Å². The highest BCUT2D eigenvalue weighted by atomic mass is 35.5. The number of para-hydroxylation sites is 2. The first-order valence-electron chi connectivity index (χ1n) is 9.61. The van der Waals surface area contributed by atoms with Crippen LogP contribution in [0, 0.1) is 11.3 Å². The summed E-state index contributed by atoms with van der Waals surface area (Å²) < 4.78 is 7.26. The Bertz CT molecular complexity index is 1290. The van der Waals surface area contributed by atoms with Gasteiger partial charge in [-0.05, 0) is 37.3 Å². The van der Waals surface area contributed by atoms with E-state index in [1.807, 2.05) is 47.9 Å². The number of H-pyrrole nitrogens is 1. The molecule has 4 aromatic rings. The summed E-state index contributed by atoms with van der Waals surface area (Å²) in [5, 5.41) is 21.5. The van der Waals surface area contributed by atoms with Gasteiger partial charge in [0.2, 0.25) is 0 Å². The second-order valence-electron chi connectivity index (χ2n) is 6.91. The van der Waals surface area contributed by atoms with Crippen LogP contribution in [0.1, 0.15) is 12.7 Å². The molecule has 7 nitrogen and oxygen atoms in total. The number of rotatable bonds is 7. The molecule has 0 spiro atoms. The van der Waals surface area contributed by atoms with Crippen molar-refractivity contribution in [3.05, 3.63) is 59.1 Å². The molecule has 0 fully saturated rings.